The molecule has 1 unspecified atom stereocenters. The van der Waals surface area contributed by atoms with Crippen LogP contribution in [0.2, 0.25) is 0 Å². The number of Topliss-reactive ketones (excluding diaryl/α,β-unsaturated/α-hetero) is 1. The molecule has 7 nitrogen and oxygen atoms in total. The molecule has 7 heteroatoms. The van der Waals surface area contributed by atoms with E-state index in [1.807, 2.05) is 106 Å². The molecule has 1 heterocycles. The number of benzene rings is 3. The molecule has 1 atom stereocenters. The first-order chi connectivity index (χ1) is 18.8. The summed E-state index contributed by atoms with van der Waals surface area (Å²) in [6.07, 6.45) is 0. The molecular formula is C33H39N3O4. The number of anilines is 3. The molecule has 1 aliphatic heterocycles. The van der Waals surface area contributed by atoms with Gasteiger partial charge in [-0.15, -0.1) is 0 Å². The number of hydrogen-bond acceptors (Lipinski definition) is 6. The number of hydrogen-bond donors (Lipinski definition) is 1. The van der Waals surface area contributed by atoms with Gasteiger partial charge in [-0.05, 0) is 72.5 Å². The van der Waals surface area contributed by atoms with E-state index in [9.17, 15) is 14.7 Å². The Labute approximate surface area is 237 Å². The summed E-state index contributed by atoms with van der Waals surface area (Å²) >= 11 is 0. The minimum atomic E-state index is -0.800. The summed E-state index contributed by atoms with van der Waals surface area (Å²) in [5, 5.41) is 11.7. The lowest BCUT2D eigenvalue weighted by Gasteiger charge is -2.27. The summed E-state index contributed by atoms with van der Waals surface area (Å²) in [5.41, 5.74) is 4.41. The lowest BCUT2D eigenvalue weighted by Crippen LogP contribution is -2.29. The zero-order valence-corrected chi connectivity index (χ0v) is 24.6. The normalized spacial score (nSPS) is 16.8. The molecule has 0 bridgehead atoms. The zero-order valence-electron chi connectivity index (χ0n) is 24.6. The molecule has 40 heavy (non-hydrogen) atoms. The number of nitrogens with zero attached hydrogens (tertiary/aromatic N) is 3. The SMILES string of the molecule is CCOc1ccc(/C(O)=C2/C(=O)C(=O)N(c3ccc(N(C)C)cc3)C2c2ccc(N(C)C)cc2)cc1C(C)(C)C. The van der Waals surface area contributed by atoms with Crippen molar-refractivity contribution in [1.82, 2.24) is 0 Å². The monoisotopic (exact) mass is 541 g/mol. The largest absolute Gasteiger partial charge is 0.507 e. The number of ether oxygens (including phenoxy) is 1. The first-order valence-corrected chi connectivity index (χ1v) is 13.5. The minimum absolute atomic E-state index is 0.0586. The van der Waals surface area contributed by atoms with E-state index in [0.29, 0.717) is 17.9 Å². The maximum absolute atomic E-state index is 13.6. The molecule has 1 amide bonds. The summed E-state index contributed by atoms with van der Waals surface area (Å²) < 4.78 is 5.85. The Hall–Kier alpha value is -4.26. The van der Waals surface area contributed by atoms with Gasteiger partial charge in [0.2, 0.25) is 0 Å². The van der Waals surface area contributed by atoms with Crippen molar-refractivity contribution in [3.05, 3.63) is 89.0 Å². The van der Waals surface area contributed by atoms with Crippen molar-refractivity contribution >= 4 is 34.5 Å². The first-order valence-electron chi connectivity index (χ1n) is 13.5. The summed E-state index contributed by atoms with van der Waals surface area (Å²) in [4.78, 5) is 32.7. The van der Waals surface area contributed by atoms with Crippen molar-refractivity contribution in [2.24, 2.45) is 0 Å². The number of ketones is 1. The lowest BCUT2D eigenvalue weighted by atomic mass is 9.84. The Morgan fingerprint density at radius 1 is 0.875 bits per heavy atom. The molecule has 0 spiro atoms. The Balaban J connectivity index is 1.93. The Kier molecular flexibility index (Phi) is 7.96. The highest BCUT2D eigenvalue weighted by molar-refractivity contribution is 6.51. The number of amides is 1. The highest BCUT2D eigenvalue weighted by atomic mass is 16.5. The van der Waals surface area contributed by atoms with Crippen LogP contribution in [-0.2, 0) is 15.0 Å². The maximum Gasteiger partial charge on any atom is 0.300 e. The quantitative estimate of drug-likeness (QED) is 0.220. The molecule has 0 aliphatic carbocycles. The Morgan fingerprint density at radius 2 is 1.43 bits per heavy atom. The van der Waals surface area contributed by atoms with Crippen LogP contribution in [0.3, 0.4) is 0 Å². The van der Waals surface area contributed by atoms with Gasteiger partial charge in [-0.25, -0.2) is 0 Å². The molecule has 1 fully saturated rings. The van der Waals surface area contributed by atoms with E-state index in [0.717, 1.165) is 28.3 Å². The lowest BCUT2D eigenvalue weighted by molar-refractivity contribution is -0.132. The Bertz CT molecular complexity index is 1430. The van der Waals surface area contributed by atoms with Crippen LogP contribution in [0.25, 0.3) is 5.76 Å². The molecule has 3 aromatic carbocycles. The average molecular weight is 542 g/mol. The van der Waals surface area contributed by atoms with E-state index in [1.165, 1.54) is 4.90 Å². The van der Waals surface area contributed by atoms with Gasteiger partial charge in [0.1, 0.15) is 11.5 Å². The predicted octanol–water partition coefficient (Wildman–Crippen LogP) is 6.14. The van der Waals surface area contributed by atoms with Gasteiger partial charge >= 0.3 is 0 Å². The van der Waals surface area contributed by atoms with Crippen LogP contribution >= 0.6 is 0 Å². The molecule has 210 valence electrons. The third kappa shape index (κ3) is 5.41. The Morgan fingerprint density at radius 3 is 1.93 bits per heavy atom. The van der Waals surface area contributed by atoms with E-state index in [4.69, 9.17) is 4.74 Å². The van der Waals surface area contributed by atoms with Gasteiger partial charge in [0, 0.05) is 56.4 Å². The fourth-order valence-electron chi connectivity index (χ4n) is 4.98. The molecule has 1 N–H and O–H groups in total. The second-order valence-electron chi connectivity index (χ2n) is 11.5. The fraction of sp³-hybridized carbons (Fsp3) is 0.333. The standard InChI is InChI=1S/C33H39N3O4/c1-9-40-27-19-12-22(20-26(27)33(2,3)4)30(37)28-29(21-10-13-23(14-11-21)34(5)6)36(32(39)31(28)38)25-17-15-24(16-18-25)35(7)8/h10-20,29,37H,9H2,1-8H3/b30-28-. The van der Waals surface area contributed by atoms with E-state index < -0.39 is 17.7 Å². The van der Waals surface area contributed by atoms with E-state index in [-0.39, 0.29) is 16.7 Å². The van der Waals surface area contributed by atoms with Crippen molar-refractivity contribution in [3.8, 4) is 5.75 Å². The molecule has 0 aromatic heterocycles. The number of aliphatic hydroxyl groups excluding tert-OH is 1. The van der Waals surface area contributed by atoms with Crippen LogP contribution in [-0.4, -0.2) is 51.6 Å². The second-order valence-corrected chi connectivity index (χ2v) is 11.5. The number of aliphatic hydroxyl groups is 1. The van der Waals surface area contributed by atoms with Gasteiger partial charge in [-0.2, -0.15) is 0 Å². The van der Waals surface area contributed by atoms with E-state index in [1.54, 1.807) is 6.07 Å². The van der Waals surface area contributed by atoms with E-state index >= 15 is 0 Å². The maximum atomic E-state index is 13.6. The molecule has 0 saturated carbocycles. The highest BCUT2D eigenvalue weighted by Crippen LogP contribution is 2.43. The zero-order chi connectivity index (χ0) is 29.4. The third-order valence-electron chi connectivity index (χ3n) is 7.17. The summed E-state index contributed by atoms with van der Waals surface area (Å²) in [7, 11) is 7.78. The topological polar surface area (TPSA) is 73.3 Å². The fourth-order valence-corrected chi connectivity index (χ4v) is 4.98. The van der Waals surface area contributed by atoms with E-state index in [2.05, 4.69) is 20.8 Å². The van der Waals surface area contributed by atoms with Crippen molar-refractivity contribution in [2.45, 2.75) is 39.2 Å². The molecule has 3 aromatic rings. The van der Waals surface area contributed by atoms with Crippen LogP contribution in [0.15, 0.2) is 72.3 Å². The van der Waals surface area contributed by atoms with Gasteiger partial charge in [-0.3, -0.25) is 14.5 Å². The molecule has 4 rings (SSSR count). The summed E-state index contributed by atoms with van der Waals surface area (Å²) in [5.74, 6) is -0.880. The molecular weight excluding hydrogens is 502 g/mol. The average Bonchev–Trinajstić information content (AvgIpc) is 3.18. The number of rotatable bonds is 7. The third-order valence-corrected chi connectivity index (χ3v) is 7.17. The van der Waals surface area contributed by atoms with Crippen molar-refractivity contribution in [2.75, 3.05) is 49.5 Å². The molecule has 1 aliphatic rings. The first kappa shape index (κ1) is 28.7. The number of carbonyl (C=O) groups excluding carboxylic acids is 2. The van der Waals surface area contributed by atoms with Crippen LogP contribution in [0.1, 0.15) is 50.4 Å². The number of carbonyl (C=O) groups is 2. The van der Waals surface area contributed by atoms with Crippen LogP contribution in [0, 0.1) is 0 Å². The van der Waals surface area contributed by atoms with Gasteiger partial charge in [0.15, 0.2) is 0 Å². The van der Waals surface area contributed by atoms with Gasteiger partial charge in [0.05, 0.1) is 18.2 Å². The summed E-state index contributed by atoms with van der Waals surface area (Å²) in [6, 6.07) is 19.8. The van der Waals surface area contributed by atoms with Gasteiger partial charge < -0.3 is 19.6 Å². The summed E-state index contributed by atoms with van der Waals surface area (Å²) in [6.45, 7) is 8.63. The van der Waals surface area contributed by atoms with Gasteiger partial charge in [-0.1, -0.05) is 32.9 Å². The van der Waals surface area contributed by atoms with Crippen LogP contribution in [0.5, 0.6) is 5.75 Å². The predicted molar refractivity (Wildman–Crippen MR) is 163 cm³/mol. The molecule has 1 saturated heterocycles. The van der Waals surface area contributed by atoms with Crippen molar-refractivity contribution in [3.63, 3.8) is 0 Å². The van der Waals surface area contributed by atoms with Crippen LogP contribution < -0.4 is 19.4 Å². The van der Waals surface area contributed by atoms with Crippen molar-refractivity contribution < 1.29 is 19.4 Å². The minimum Gasteiger partial charge on any atom is -0.507 e. The molecule has 0 radical (unpaired) electrons. The van der Waals surface area contributed by atoms with Crippen LogP contribution in [0.4, 0.5) is 17.1 Å². The smallest absolute Gasteiger partial charge is 0.300 e. The van der Waals surface area contributed by atoms with Crippen molar-refractivity contribution in [1.29, 1.82) is 0 Å². The highest BCUT2D eigenvalue weighted by Gasteiger charge is 2.47. The second kappa shape index (κ2) is 11.1. The van der Waals surface area contributed by atoms with Gasteiger partial charge in [0.25, 0.3) is 11.7 Å².